The largest absolute Gasteiger partial charge is 0.294 e. The summed E-state index contributed by atoms with van der Waals surface area (Å²) in [4.78, 5) is 31.6. The van der Waals surface area contributed by atoms with Gasteiger partial charge in [0.05, 0.1) is 15.9 Å². The average Bonchev–Trinajstić information content (AvgIpc) is 2.28. The summed E-state index contributed by atoms with van der Waals surface area (Å²) in [6.45, 7) is 4.77. The zero-order valence-corrected chi connectivity index (χ0v) is 9.58. The molecule has 0 atom stereocenters. The molecule has 1 aromatic rings. The van der Waals surface area contributed by atoms with Crippen molar-refractivity contribution in [1.82, 2.24) is 0 Å². The van der Waals surface area contributed by atoms with Crippen LogP contribution in [0.25, 0.3) is 0 Å². The van der Waals surface area contributed by atoms with Gasteiger partial charge < -0.3 is 0 Å². The molecule has 18 heavy (non-hydrogen) atoms. The third kappa shape index (κ3) is 2.57. The first kappa shape index (κ1) is 13.5. The van der Waals surface area contributed by atoms with Crippen LogP contribution in [0.2, 0.25) is 0 Å². The number of nitro groups is 2. The first-order valence-electron chi connectivity index (χ1n) is 4.96. The molecule has 0 aliphatic rings. The highest BCUT2D eigenvalue weighted by Crippen LogP contribution is 2.28. The molecule has 0 spiro atoms. The second kappa shape index (κ2) is 5.17. The number of non-ortho nitro benzene ring substituents is 1. The summed E-state index contributed by atoms with van der Waals surface area (Å²) < 4.78 is 0. The Hall–Kier alpha value is -2.57. The summed E-state index contributed by atoms with van der Waals surface area (Å²) in [7, 11) is 0. The van der Waals surface area contributed by atoms with Gasteiger partial charge in [-0.25, -0.2) is 0 Å². The van der Waals surface area contributed by atoms with Crippen LogP contribution in [-0.2, 0) is 0 Å². The summed E-state index contributed by atoms with van der Waals surface area (Å²) in [5.41, 5.74) is -0.801. The molecule has 0 aliphatic carbocycles. The molecule has 0 N–H and O–H groups in total. The minimum absolute atomic E-state index is 0.0178. The summed E-state index contributed by atoms with van der Waals surface area (Å²) in [6.07, 6.45) is 1.31. The van der Waals surface area contributed by atoms with E-state index in [0.717, 1.165) is 12.1 Å². The number of allylic oxidation sites excluding steroid dienone is 1. The number of carbonyl (C=O) groups is 1. The third-order valence-electron chi connectivity index (χ3n) is 2.40. The number of nitrogens with zero attached hydrogens (tertiary/aromatic N) is 2. The first-order chi connectivity index (χ1) is 8.38. The number of hydrogen-bond acceptors (Lipinski definition) is 5. The van der Waals surface area contributed by atoms with Gasteiger partial charge in [0.2, 0.25) is 0 Å². The van der Waals surface area contributed by atoms with E-state index < -0.39 is 27.0 Å². The number of Topliss-reactive ketones (excluding diaryl/α,β-unsaturated/α-hetero) is 1. The van der Waals surface area contributed by atoms with Crippen molar-refractivity contribution in [2.24, 2.45) is 0 Å². The number of carbonyl (C=O) groups excluding carboxylic acids is 1. The van der Waals surface area contributed by atoms with Gasteiger partial charge in [-0.05, 0) is 6.92 Å². The summed E-state index contributed by atoms with van der Waals surface area (Å²) in [5, 5.41) is 21.5. The highest BCUT2D eigenvalue weighted by atomic mass is 16.6. The molecule has 0 saturated carbocycles. The molecule has 0 aliphatic heterocycles. The molecule has 0 aromatic heterocycles. The fourth-order valence-electron chi connectivity index (χ4n) is 1.51. The van der Waals surface area contributed by atoms with Gasteiger partial charge in [-0.2, -0.15) is 0 Å². The lowest BCUT2D eigenvalue weighted by atomic mass is 10.00. The highest BCUT2D eigenvalue weighted by Gasteiger charge is 2.23. The normalized spacial score (nSPS) is 9.83. The summed E-state index contributed by atoms with van der Waals surface area (Å²) >= 11 is 0. The molecule has 0 bridgehead atoms. The Kier molecular flexibility index (Phi) is 3.88. The second-order valence-electron chi connectivity index (χ2n) is 3.57. The highest BCUT2D eigenvalue weighted by molar-refractivity contribution is 5.99. The third-order valence-corrected chi connectivity index (χ3v) is 2.40. The van der Waals surface area contributed by atoms with Crippen molar-refractivity contribution in [3.63, 3.8) is 0 Å². The van der Waals surface area contributed by atoms with Crippen LogP contribution >= 0.6 is 0 Å². The SMILES string of the molecule is C=CCC(=O)c1cc([N+](=O)[O-])cc([N+](=O)[O-])c1C. The van der Waals surface area contributed by atoms with E-state index in [1.54, 1.807) is 0 Å². The van der Waals surface area contributed by atoms with Crippen LogP contribution in [0.15, 0.2) is 24.8 Å². The molecule has 0 radical (unpaired) electrons. The smallest absolute Gasteiger partial charge is 0.279 e. The van der Waals surface area contributed by atoms with E-state index in [-0.39, 0.29) is 17.5 Å². The zero-order valence-electron chi connectivity index (χ0n) is 9.58. The van der Waals surface area contributed by atoms with Crippen molar-refractivity contribution in [2.75, 3.05) is 0 Å². The van der Waals surface area contributed by atoms with Crippen molar-refractivity contribution in [2.45, 2.75) is 13.3 Å². The maximum absolute atomic E-state index is 11.7. The van der Waals surface area contributed by atoms with Crippen LogP contribution in [0.5, 0.6) is 0 Å². The molecule has 0 unspecified atom stereocenters. The van der Waals surface area contributed by atoms with Gasteiger partial charge in [-0.1, -0.05) is 6.08 Å². The van der Waals surface area contributed by atoms with Gasteiger partial charge in [0.1, 0.15) is 0 Å². The Morgan fingerprint density at radius 2 is 1.94 bits per heavy atom. The van der Waals surface area contributed by atoms with Gasteiger partial charge in [0, 0.05) is 23.6 Å². The Morgan fingerprint density at radius 1 is 1.33 bits per heavy atom. The molecular weight excluding hydrogens is 240 g/mol. The lowest BCUT2D eigenvalue weighted by Crippen LogP contribution is -2.05. The quantitative estimate of drug-likeness (QED) is 0.345. The standard InChI is InChI=1S/C11H10N2O5/c1-3-4-11(14)9-5-8(12(15)16)6-10(7(9)2)13(17)18/h3,5-6H,1,4H2,2H3. The number of ketones is 1. The van der Waals surface area contributed by atoms with Gasteiger partial charge in [0.15, 0.2) is 5.78 Å². The van der Waals surface area contributed by atoms with Gasteiger partial charge in [-0.3, -0.25) is 25.0 Å². The number of hydrogen-bond donors (Lipinski definition) is 0. The fraction of sp³-hybridized carbons (Fsp3) is 0.182. The van der Waals surface area contributed by atoms with Crippen molar-refractivity contribution >= 4 is 17.2 Å². The summed E-state index contributed by atoms with van der Waals surface area (Å²) in [5.74, 6) is -0.436. The minimum atomic E-state index is -0.767. The molecule has 7 heteroatoms. The molecule has 0 amide bonds. The number of rotatable bonds is 5. The molecule has 1 rings (SSSR count). The predicted molar refractivity (Wildman–Crippen MR) is 63.6 cm³/mol. The van der Waals surface area contributed by atoms with E-state index in [0.29, 0.717) is 0 Å². The Balaban J connectivity index is 3.49. The monoisotopic (exact) mass is 250 g/mol. The van der Waals surface area contributed by atoms with E-state index in [9.17, 15) is 25.0 Å². The molecule has 1 aromatic carbocycles. The zero-order chi connectivity index (χ0) is 13.9. The van der Waals surface area contributed by atoms with Crippen LogP contribution in [0, 0.1) is 27.2 Å². The summed E-state index contributed by atoms with van der Waals surface area (Å²) in [6, 6.07) is 1.90. The number of nitro benzene ring substituents is 2. The van der Waals surface area contributed by atoms with E-state index in [1.807, 2.05) is 0 Å². The molecule has 94 valence electrons. The lowest BCUT2D eigenvalue weighted by molar-refractivity contribution is -0.394. The van der Waals surface area contributed by atoms with Gasteiger partial charge in [0.25, 0.3) is 11.4 Å². The van der Waals surface area contributed by atoms with Crippen LogP contribution in [0.4, 0.5) is 11.4 Å². The average molecular weight is 250 g/mol. The maximum Gasteiger partial charge on any atom is 0.279 e. The van der Waals surface area contributed by atoms with Crippen molar-refractivity contribution in [1.29, 1.82) is 0 Å². The van der Waals surface area contributed by atoms with Crippen molar-refractivity contribution in [3.05, 3.63) is 56.1 Å². The number of benzene rings is 1. The van der Waals surface area contributed by atoms with E-state index in [4.69, 9.17) is 0 Å². The maximum atomic E-state index is 11.7. The van der Waals surface area contributed by atoms with Crippen LogP contribution in [0.1, 0.15) is 22.3 Å². The van der Waals surface area contributed by atoms with Crippen LogP contribution in [-0.4, -0.2) is 15.6 Å². The van der Waals surface area contributed by atoms with E-state index in [1.165, 1.54) is 13.0 Å². The second-order valence-corrected chi connectivity index (χ2v) is 3.57. The fourth-order valence-corrected chi connectivity index (χ4v) is 1.51. The topological polar surface area (TPSA) is 103 Å². The van der Waals surface area contributed by atoms with E-state index >= 15 is 0 Å². The van der Waals surface area contributed by atoms with E-state index in [2.05, 4.69) is 6.58 Å². The Labute approximate surface area is 102 Å². The van der Waals surface area contributed by atoms with Crippen LogP contribution in [0.3, 0.4) is 0 Å². The molecule has 0 saturated heterocycles. The van der Waals surface area contributed by atoms with Gasteiger partial charge >= 0.3 is 0 Å². The van der Waals surface area contributed by atoms with Crippen LogP contribution < -0.4 is 0 Å². The predicted octanol–water partition coefficient (Wildman–Crippen LogP) is 2.57. The first-order valence-corrected chi connectivity index (χ1v) is 4.96. The van der Waals surface area contributed by atoms with Crippen molar-refractivity contribution < 1.29 is 14.6 Å². The lowest BCUT2D eigenvalue weighted by Gasteiger charge is -2.04. The van der Waals surface area contributed by atoms with Crippen molar-refractivity contribution in [3.8, 4) is 0 Å². The Bertz CT molecular complexity index is 551. The van der Waals surface area contributed by atoms with Gasteiger partial charge in [-0.15, -0.1) is 6.58 Å². The molecular formula is C11H10N2O5. The molecule has 7 nitrogen and oxygen atoms in total. The molecule has 0 fully saturated rings. The molecule has 0 heterocycles. The minimum Gasteiger partial charge on any atom is -0.294 e. The Morgan fingerprint density at radius 3 is 2.39 bits per heavy atom.